The van der Waals surface area contributed by atoms with Gasteiger partial charge in [-0.25, -0.2) is 0 Å². The van der Waals surface area contributed by atoms with E-state index < -0.39 is 0 Å². The monoisotopic (exact) mass is 407 g/mol. The maximum atomic E-state index is 5.56. The van der Waals surface area contributed by atoms with Crippen molar-refractivity contribution in [1.82, 2.24) is 0 Å². The van der Waals surface area contributed by atoms with Gasteiger partial charge in [-0.05, 0) is 66.1 Å². The van der Waals surface area contributed by atoms with Crippen LogP contribution in [-0.2, 0) is 18.3 Å². The smallest absolute Gasteiger partial charge is 0.0426 e. The Bertz CT molecular complexity index is 1030. The van der Waals surface area contributed by atoms with Crippen LogP contribution in [-0.4, -0.2) is 0 Å². The minimum Gasteiger partial charge on any atom is -0.0801 e. The quantitative estimate of drug-likeness (QED) is 0.274. The first-order valence-electron chi connectivity index (χ1n) is 10.6. The Morgan fingerprint density at radius 1 is 0.633 bits per heavy atom. The highest BCUT2D eigenvalue weighted by molar-refractivity contribution is 7.80. The standard InChI is InChI=1S/C29H27S/c1-29(25-16-7-3-8-17-25,26-18-9-4-10-19-26)28-21-20-27(30)22-24(28)15-11-14-23-12-5-2-6-13-23/h2-10,12-13,16-22H,11,14-15H2,1H3. The Morgan fingerprint density at radius 3 is 1.73 bits per heavy atom. The molecule has 0 unspecified atom stereocenters. The molecule has 0 saturated heterocycles. The molecular weight excluding hydrogens is 380 g/mol. The molecule has 0 atom stereocenters. The molecule has 0 aliphatic rings. The summed E-state index contributed by atoms with van der Waals surface area (Å²) in [4.78, 5) is 0.914. The molecule has 4 rings (SSSR count). The van der Waals surface area contributed by atoms with E-state index in [9.17, 15) is 0 Å². The van der Waals surface area contributed by atoms with Gasteiger partial charge in [-0.1, -0.05) is 110 Å². The second-order valence-electron chi connectivity index (χ2n) is 8.02. The summed E-state index contributed by atoms with van der Waals surface area (Å²) in [5.74, 6) is 0. The first-order chi connectivity index (χ1) is 14.7. The zero-order valence-electron chi connectivity index (χ0n) is 17.4. The van der Waals surface area contributed by atoms with Gasteiger partial charge in [-0.15, -0.1) is 0 Å². The van der Waals surface area contributed by atoms with Crippen molar-refractivity contribution in [3.05, 3.63) is 137 Å². The van der Waals surface area contributed by atoms with Gasteiger partial charge in [0.25, 0.3) is 0 Å². The lowest BCUT2D eigenvalue weighted by Gasteiger charge is -2.34. The summed E-state index contributed by atoms with van der Waals surface area (Å²) < 4.78 is 0. The Hall–Kier alpha value is -2.90. The Morgan fingerprint density at radius 2 is 1.17 bits per heavy atom. The number of benzene rings is 4. The minimum absolute atomic E-state index is 0.229. The lowest BCUT2D eigenvalue weighted by Crippen LogP contribution is -2.27. The Labute approximate surface area is 186 Å². The molecule has 0 aliphatic heterocycles. The van der Waals surface area contributed by atoms with E-state index in [1.54, 1.807) is 0 Å². The summed E-state index contributed by atoms with van der Waals surface area (Å²) in [7, 11) is 0. The van der Waals surface area contributed by atoms with Crippen LogP contribution < -0.4 is 0 Å². The molecule has 0 N–H and O–H groups in total. The van der Waals surface area contributed by atoms with E-state index in [1.165, 1.54) is 27.8 Å². The molecular formula is C29H27S. The van der Waals surface area contributed by atoms with Crippen molar-refractivity contribution in [2.75, 3.05) is 0 Å². The van der Waals surface area contributed by atoms with Crippen LogP contribution >= 0.6 is 12.6 Å². The van der Waals surface area contributed by atoms with E-state index >= 15 is 0 Å². The summed E-state index contributed by atoms with van der Waals surface area (Å²) in [6.07, 6.45) is 3.20. The van der Waals surface area contributed by atoms with Crippen molar-refractivity contribution in [2.24, 2.45) is 0 Å². The second-order valence-corrected chi connectivity index (χ2v) is 8.49. The van der Waals surface area contributed by atoms with Crippen molar-refractivity contribution >= 4 is 12.6 Å². The third-order valence-electron chi connectivity index (χ3n) is 6.07. The molecule has 4 aromatic rings. The predicted octanol–water partition coefficient (Wildman–Crippen LogP) is 7.77. The van der Waals surface area contributed by atoms with Gasteiger partial charge >= 0.3 is 0 Å². The Balaban J connectivity index is 1.74. The molecule has 0 saturated carbocycles. The van der Waals surface area contributed by atoms with E-state index in [-0.39, 0.29) is 5.41 Å². The van der Waals surface area contributed by atoms with Crippen molar-refractivity contribution in [3.63, 3.8) is 0 Å². The predicted molar refractivity (Wildman–Crippen MR) is 129 cm³/mol. The van der Waals surface area contributed by atoms with Crippen LogP contribution in [0.4, 0.5) is 0 Å². The van der Waals surface area contributed by atoms with Gasteiger partial charge in [0.15, 0.2) is 0 Å². The van der Waals surface area contributed by atoms with E-state index in [0.717, 1.165) is 24.2 Å². The summed E-state index contributed by atoms with van der Waals surface area (Å²) in [6.45, 7) is 2.34. The van der Waals surface area contributed by atoms with Crippen LogP contribution in [0.1, 0.15) is 41.2 Å². The number of aryl methyl sites for hydroxylation is 2. The highest BCUT2D eigenvalue weighted by Crippen LogP contribution is 2.41. The summed E-state index contributed by atoms with van der Waals surface area (Å²) in [5.41, 5.74) is 6.47. The third kappa shape index (κ3) is 4.32. The zero-order valence-corrected chi connectivity index (χ0v) is 18.2. The number of rotatable bonds is 7. The second kappa shape index (κ2) is 9.28. The SMILES string of the molecule is CC(c1ccccc1)(c1ccccc1)c1ccc([S])cc1CCCc1ccccc1. The highest BCUT2D eigenvalue weighted by atomic mass is 32.1. The maximum Gasteiger partial charge on any atom is 0.0426 e. The lowest BCUT2D eigenvalue weighted by atomic mass is 9.69. The van der Waals surface area contributed by atoms with Crippen molar-refractivity contribution in [2.45, 2.75) is 36.5 Å². The molecule has 149 valence electrons. The molecule has 4 aromatic carbocycles. The lowest BCUT2D eigenvalue weighted by molar-refractivity contribution is 0.672. The minimum atomic E-state index is -0.229. The number of hydrogen-bond acceptors (Lipinski definition) is 0. The van der Waals surface area contributed by atoms with Crippen LogP contribution in [0.3, 0.4) is 0 Å². The third-order valence-corrected chi connectivity index (χ3v) is 6.33. The van der Waals surface area contributed by atoms with Gasteiger partial charge in [0, 0.05) is 10.3 Å². The normalized spacial score (nSPS) is 11.4. The van der Waals surface area contributed by atoms with Gasteiger partial charge in [0.1, 0.15) is 0 Å². The molecule has 0 aliphatic carbocycles. The van der Waals surface area contributed by atoms with Crippen molar-refractivity contribution < 1.29 is 0 Å². The maximum absolute atomic E-state index is 5.56. The van der Waals surface area contributed by atoms with Crippen LogP contribution in [0.15, 0.2) is 114 Å². The topological polar surface area (TPSA) is 0 Å². The zero-order chi connectivity index (χ0) is 20.8. The van der Waals surface area contributed by atoms with Crippen LogP contribution in [0, 0.1) is 0 Å². The van der Waals surface area contributed by atoms with Gasteiger partial charge in [0.2, 0.25) is 0 Å². The highest BCUT2D eigenvalue weighted by Gasteiger charge is 2.32. The van der Waals surface area contributed by atoms with Crippen LogP contribution in [0.5, 0.6) is 0 Å². The van der Waals surface area contributed by atoms with Gasteiger partial charge in [0.05, 0.1) is 0 Å². The summed E-state index contributed by atoms with van der Waals surface area (Å²) in [5, 5.41) is 0. The van der Waals surface area contributed by atoms with Gasteiger partial charge in [-0.2, -0.15) is 0 Å². The van der Waals surface area contributed by atoms with E-state index in [1.807, 2.05) is 0 Å². The molecule has 1 radical (unpaired) electrons. The molecule has 0 aromatic heterocycles. The van der Waals surface area contributed by atoms with Crippen molar-refractivity contribution in [1.29, 1.82) is 0 Å². The molecule has 0 heterocycles. The van der Waals surface area contributed by atoms with E-state index in [4.69, 9.17) is 12.6 Å². The average Bonchev–Trinajstić information content (AvgIpc) is 2.80. The van der Waals surface area contributed by atoms with Gasteiger partial charge < -0.3 is 0 Å². The van der Waals surface area contributed by atoms with Crippen molar-refractivity contribution in [3.8, 4) is 0 Å². The fourth-order valence-corrected chi connectivity index (χ4v) is 4.62. The van der Waals surface area contributed by atoms with Crippen LogP contribution in [0.2, 0.25) is 0 Å². The molecule has 1 heteroatoms. The van der Waals surface area contributed by atoms with E-state index in [2.05, 4.69) is 116 Å². The molecule has 0 spiro atoms. The molecule has 0 fully saturated rings. The fraction of sp³-hybridized carbons (Fsp3) is 0.172. The molecule has 0 amide bonds. The first kappa shape index (κ1) is 20.4. The van der Waals surface area contributed by atoms with E-state index in [0.29, 0.717) is 0 Å². The largest absolute Gasteiger partial charge is 0.0801 e. The van der Waals surface area contributed by atoms with Crippen LogP contribution in [0.25, 0.3) is 0 Å². The average molecular weight is 408 g/mol. The summed E-state index contributed by atoms with van der Waals surface area (Å²) in [6, 6.07) is 38.9. The number of hydrogen-bond donors (Lipinski definition) is 0. The Kier molecular flexibility index (Phi) is 6.30. The first-order valence-corrected chi connectivity index (χ1v) is 11.0. The van der Waals surface area contributed by atoms with Gasteiger partial charge in [-0.3, -0.25) is 0 Å². The molecule has 0 nitrogen and oxygen atoms in total. The summed E-state index contributed by atoms with van der Waals surface area (Å²) >= 11 is 5.56. The molecule has 0 bridgehead atoms. The fourth-order valence-electron chi connectivity index (χ4n) is 4.41. The molecule has 30 heavy (non-hydrogen) atoms.